The second kappa shape index (κ2) is 7.73. The summed E-state index contributed by atoms with van der Waals surface area (Å²) < 4.78 is 10.4. The third-order valence-corrected chi connectivity index (χ3v) is 3.51. The number of phenols is 2. The van der Waals surface area contributed by atoms with Crippen LogP contribution in [0.5, 0.6) is 11.5 Å². The molecule has 0 aliphatic carbocycles. The Kier molecular flexibility index (Phi) is 5.94. The fraction of sp³-hybridized carbons (Fsp3) is 0.467. The van der Waals surface area contributed by atoms with Crippen LogP contribution in [-0.2, 0) is 9.47 Å². The summed E-state index contributed by atoms with van der Waals surface area (Å²) in [7, 11) is 0. The molecule has 1 aliphatic rings. The van der Waals surface area contributed by atoms with Gasteiger partial charge in [-0.25, -0.2) is 0 Å². The summed E-state index contributed by atoms with van der Waals surface area (Å²) in [4.78, 5) is 0. The number of hydrogen-bond donors (Lipinski definition) is 6. The predicted octanol–water partition coefficient (Wildman–Crippen LogP) is -1.07. The van der Waals surface area contributed by atoms with Crippen molar-refractivity contribution in [2.45, 2.75) is 30.7 Å². The van der Waals surface area contributed by atoms with Crippen LogP contribution in [0.25, 0.3) is 6.08 Å². The highest BCUT2D eigenvalue weighted by atomic mass is 16.7. The van der Waals surface area contributed by atoms with Crippen LogP contribution in [-0.4, -0.2) is 74.6 Å². The topological polar surface area (TPSA) is 140 Å². The van der Waals surface area contributed by atoms with Gasteiger partial charge in [-0.2, -0.15) is 0 Å². The molecule has 0 amide bonds. The minimum absolute atomic E-state index is 0.0182. The van der Waals surface area contributed by atoms with Gasteiger partial charge in [-0.1, -0.05) is 18.2 Å². The number of aliphatic hydroxyl groups excluding tert-OH is 4. The van der Waals surface area contributed by atoms with Gasteiger partial charge in [0.25, 0.3) is 0 Å². The highest BCUT2D eigenvalue weighted by Gasteiger charge is 2.43. The highest BCUT2D eigenvalue weighted by Crippen LogP contribution is 2.25. The molecule has 0 spiro atoms. The molecule has 128 valence electrons. The number of phenolic OH excluding ortho intramolecular Hbond substituents is 2. The second-order valence-electron chi connectivity index (χ2n) is 5.18. The Balaban J connectivity index is 1.89. The van der Waals surface area contributed by atoms with Crippen molar-refractivity contribution in [3.8, 4) is 11.5 Å². The van der Waals surface area contributed by atoms with Gasteiger partial charge in [-0.15, -0.1) is 0 Å². The summed E-state index contributed by atoms with van der Waals surface area (Å²) in [6.45, 7) is -0.502. The van der Waals surface area contributed by atoms with Crippen LogP contribution in [0, 0.1) is 0 Å². The molecule has 23 heavy (non-hydrogen) atoms. The molecule has 0 saturated carbocycles. The van der Waals surface area contributed by atoms with E-state index in [0.717, 1.165) is 0 Å². The van der Waals surface area contributed by atoms with E-state index in [9.17, 15) is 25.5 Å². The van der Waals surface area contributed by atoms with Crippen molar-refractivity contribution < 1.29 is 40.1 Å². The van der Waals surface area contributed by atoms with Crippen LogP contribution in [0.1, 0.15) is 5.56 Å². The van der Waals surface area contributed by atoms with E-state index in [1.165, 1.54) is 12.1 Å². The first-order valence-electron chi connectivity index (χ1n) is 7.04. The van der Waals surface area contributed by atoms with Crippen molar-refractivity contribution in [1.29, 1.82) is 0 Å². The maximum absolute atomic E-state index is 9.78. The molecular weight excluding hydrogens is 308 g/mol. The Morgan fingerprint density at radius 2 is 1.78 bits per heavy atom. The molecule has 2 rings (SSSR count). The van der Waals surface area contributed by atoms with Gasteiger partial charge in [0.1, 0.15) is 24.4 Å². The zero-order valence-corrected chi connectivity index (χ0v) is 12.2. The Morgan fingerprint density at radius 1 is 1.04 bits per heavy atom. The van der Waals surface area contributed by atoms with Crippen molar-refractivity contribution in [1.82, 2.24) is 0 Å². The van der Waals surface area contributed by atoms with Gasteiger partial charge in [-0.3, -0.25) is 0 Å². The summed E-state index contributed by atoms with van der Waals surface area (Å²) in [6, 6.07) is 4.28. The lowest BCUT2D eigenvalue weighted by Gasteiger charge is -2.39. The zero-order valence-electron chi connectivity index (χ0n) is 12.2. The molecule has 1 aliphatic heterocycles. The summed E-state index contributed by atoms with van der Waals surface area (Å²) in [6.07, 6.45) is -3.37. The first-order chi connectivity index (χ1) is 10.9. The number of hydrogen-bond acceptors (Lipinski definition) is 8. The number of benzene rings is 1. The van der Waals surface area contributed by atoms with Gasteiger partial charge in [-0.05, 0) is 17.7 Å². The molecule has 0 radical (unpaired) electrons. The Morgan fingerprint density at radius 3 is 2.43 bits per heavy atom. The van der Waals surface area contributed by atoms with Crippen molar-refractivity contribution in [2.24, 2.45) is 0 Å². The van der Waals surface area contributed by atoms with Crippen molar-refractivity contribution in [3.63, 3.8) is 0 Å². The SMILES string of the molecule is OC[C@H]1OC(OC/C=C/c2ccc(O)c(O)c2)[C@H](O)[C@@H](O)[C@@H]1O. The monoisotopic (exact) mass is 328 g/mol. The van der Waals surface area contributed by atoms with Crippen molar-refractivity contribution >= 4 is 6.08 Å². The Labute approximate surface area is 132 Å². The molecule has 1 aromatic carbocycles. The maximum atomic E-state index is 9.78. The molecule has 0 bridgehead atoms. The lowest BCUT2D eigenvalue weighted by atomic mass is 9.99. The molecule has 0 aromatic heterocycles. The fourth-order valence-electron chi connectivity index (χ4n) is 2.18. The normalized spacial score (nSPS) is 31.6. The fourth-order valence-corrected chi connectivity index (χ4v) is 2.18. The average Bonchev–Trinajstić information content (AvgIpc) is 2.54. The molecule has 1 saturated heterocycles. The predicted molar refractivity (Wildman–Crippen MR) is 78.5 cm³/mol. The van der Waals surface area contributed by atoms with E-state index < -0.39 is 37.3 Å². The van der Waals surface area contributed by atoms with E-state index in [1.807, 2.05) is 0 Å². The minimum Gasteiger partial charge on any atom is -0.504 e. The molecule has 1 heterocycles. The number of aromatic hydroxyl groups is 2. The van der Waals surface area contributed by atoms with E-state index in [1.54, 1.807) is 18.2 Å². The van der Waals surface area contributed by atoms with E-state index in [0.29, 0.717) is 5.56 Å². The molecule has 5 atom stereocenters. The van der Waals surface area contributed by atoms with Crippen LogP contribution < -0.4 is 0 Å². The van der Waals surface area contributed by atoms with Crippen LogP contribution in [0.15, 0.2) is 24.3 Å². The third kappa shape index (κ3) is 4.20. The zero-order chi connectivity index (χ0) is 17.0. The van der Waals surface area contributed by atoms with Gasteiger partial charge >= 0.3 is 0 Å². The quantitative estimate of drug-likeness (QED) is 0.375. The Bertz CT molecular complexity index is 544. The summed E-state index contributed by atoms with van der Waals surface area (Å²) >= 11 is 0. The smallest absolute Gasteiger partial charge is 0.187 e. The second-order valence-corrected chi connectivity index (χ2v) is 5.18. The van der Waals surface area contributed by atoms with Crippen molar-refractivity contribution in [2.75, 3.05) is 13.2 Å². The lowest BCUT2D eigenvalue weighted by molar-refractivity contribution is -0.298. The summed E-state index contributed by atoms with van der Waals surface area (Å²) in [5.74, 6) is -0.471. The van der Waals surface area contributed by atoms with Gasteiger partial charge < -0.3 is 40.1 Å². The van der Waals surface area contributed by atoms with Gasteiger partial charge in [0.15, 0.2) is 17.8 Å². The molecular formula is C15H20O8. The summed E-state index contributed by atoms with van der Waals surface area (Å²) in [5.41, 5.74) is 0.623. The lowest BCUT2D eigenvalue weighted by Crippen LogP contribution is -2.59. The molecule has 6 N–H and O–H groups in total. The van der Waals surface area contributed by atoms with E-state index in [-0.39, 0.29) is 18.1 Å². The van der Waals surface area contributed by atoms with Crippen molar-refractivity contribution in [3.05, 3.63) is 29.8 Å². The summed E-state index contributed by atoms with van der Waals surface area (Å²) in [5, 5.41) is 56.7. The molecule has 1 unspecified atom stereocenters. The molecule has 8 nitrogen and oxygen atoms in total. The van der Waals surface area contributed by atoms with Crippen LogP contribution in [0.3, 0.4) is 0 Å². The van der Waals surface area contributed by atoms with Crippen LogP contribution in [0.4, 0.5) is 0 Å². The standard InChI is InChI=1S/C15H20O8/c16-7-11-12(19)13(20)14(21)15(23-11)22-5-1-2-8-3-4-9(17)10(18)6-8/h1-4,6,11-21H,5,7H2/b2-1+/t11-,12-,13+,14-,15?/m1/s1. The van der Waals surface area contributed by atoms with Gasteiger partial charge in [0, 0.05) is 0 Å². The average molecular weight is 328 g/mol. The first kappa shape index (κ1) is 17.7. The van der Waals surface area contributed by atoms with E-state index in [2.05, 4.69) is 0 Å². The number of aliphatic hydroxyl groups is 4. The maximum Gasteiger partial charge on any atom is 0.187 e. The van der Waals surface area contributed by atoms with Crippen LogP contribution in [0.2, 0.25) is 0 Å². The largest absolute Gasteiger partial charge is 0.504 e. The van der Waals surface area contributed by atoms with Crippen LogP contribution >= 0.6 is 0 Å². The minimum atomic E-state index is -1.48. The Hall–Kier alpha value is -1.68. The number of rotatable bonds is 5. The third-order valence-electron chi connectivity index (χ3n) is 3.51. The van der Waals surface area contributed by atoms with E-state index in [4.69, 9.17) is 14.6 Å². The number of ether oxygens (including phenoxy) is 2. The van der Waals surface area contributed by atoms with Gasteiger partial charge in [0.2, 0.25) is 0 Å². The first-order valence-corrected chi connectivity index (χ1v) is 7.04. The molecule has 8 heteroatoms. The highest BCUT2D eigenvalue weighted by molar-refractivity contribution is 5.55. The van der Waals surface area contributed by atoms with E-state index >= 15 is 0 Å². The molecule has 1 aromatic rings. The van der Waals surface area contributed by atoms with Gasteiger partial charge in [0.05, 0.1) is 13.2 Å². The molecule has 1 fully saturated rings.